The molecular weight excluding hydrogens is 410 g/mol. The predicted molar refractivity (Wildman–Crippen MR) is 106 cm³/mol. The molecule has 3 aromatic rings. The van der Waals surface area contributed by atoms with Crippen LogP contribution in [0.3, 0.4) is 0 Å². The number of rotatable bonds is 6. The Bertz CT molecular complexity index is 918. The number of nitrogens with zero attached hydrogens (tertiary/aromatic N) is 2. The minimum atomic E-state index is -0.653. The van der Waals surface area contributed by atoms with Gasteiger partial charge in [0, 0.05) is 18.1 Å². The summed E-state index contributed by atoms with van der Waals surface area (Å²) in [6.07, 6.45) is 4.00. The van der Waals surface area contributed by atoms with Crippen molar-refractivity contribution in [2.75, 3.05) is 5.32 Å². The molecule has 0 unspecified atom stereocenters. The van der Waals surface area contributed by atoms with Gasteiger partial charge in [-0.1, -0.05) is 6.07 Å². The molecule has 138 valence electrons. The van der Waals surface area contributed by atoms with Gasteiger partial charge >= 0.3 is 0 Å². The lowest BCUT2D eigenvalue weighted by Gasteiger charge is -2.16. The van der Waals surface area contributed by atoms with Crippen molar-refractivity contribution in [2.45, 2.75) is 20.0 Å². The highest BCUT2D eigenvalue weighted by Gasteiger charge is 2.16. The number of carbonyl (C=O) groups is 1. The molecule has 1 amide bonds. The van der Waals surface area contributed by atoms with Crippen molar-refractivity contribution in [2.24, 2.45) is 0 Å². The predicted octanol–water partition coefficient (Wildman–Crippen LogP) is 4.75. The van der Waals surface area contributed by atoms with Gasteiger partial charge in [0.05, 0.1) is 10.7 Å². The molecule has 1 heterocycles. The third-order valence-corrected chi connectivity index (χ3v) is 4.26. The van der Waals surface area contributed by atoms with Gasteiger partial charge in [0.15, 0.2) is 6.10 Å². The number of carbonyl (C=O) groups excluding carboxylic acids is 1. The molecule has 1 N–H and O–H groups in total. The van der Waals surface area contributed by atoms with Crippen LogP contribution in [0.25, 0.3) is 0 Å². The Balaban J connectivity index is 1.58. The van der Waals surface area contributed by atoms with Gasteiger partial charge < -0.3 is 14.8 Å². The van der Waals surface area contributed by atoms with Crippen molar-refractivity contribution in [3.05, 3.63) is 71.1 Å². The van der Waals surface area contributed by atoms with E-state index in [1.165, 1.54) is 6.20 Å². The van der Waals surface area contributed by atoms with Crippen molar-refractivity contribution >= 4 is 27.5 Å². The van der Waals surface area contributed by atoms with Crippen LogP contribution in [0.15, 0.2) is 65.5 Å². The average Bonchev–Trinajstić information content (AvgIpc) is 2.66. The topological polar surface area (TPSA) is 73.3 Å². The molecule has 1 atom stereocenters. The van der Waals surface area contributed by atoms with Crippen LogP contribution in [0.4, 0.5) is 5.69 Å². The molecule has 7 heteroatoms. The fourth-order valence-electron chi connectivity index (χ4n) is 2.25. The first-order valence-electron chi connectivity index (χ1n) is 8.29. The molecule has 0 aliphatic carbocycles. The third-order valence-electron chi connectivity index (χ3n) is 3.64. The van der Waals surface area contributed by atoms with E-state index >= 15 is 0 Å². The van der Waals surface area contributed by atoms with Gasteiger partial charge in [0.1, 0.15) is 11.5 Å². The van der Waals surface area contributed by atoms with E-state index < -0.39 is 6.10 Å². The van der Waals surface area contributed by atoms with E-state index in [4.69, 9.17) is 9.47 Å². The third kappa shape index (κ3) is 5.27. The first-order valence-corrected chi connectivity index (χ1v) is 9.08. The van der Waals surface area contributed by atoms with Crippen LogP contribution in [0.5, 0.6) is 17.4 Å². The Hall–Kier alpha value is -2.93. The minimum Gasteiger partial charge on any atom is -0.480 e. The number of nitrogens with one attached hydrogen (secondary N) is 1. The zero-order valence-electron chi connectivity index (χ0n) is 14.8. The standard InChI is InChI=1S/C20H18BrN3O3/c1-13-3-8-18(17(21)11-13)26-14(2)20(25)24-15-4-6-16(7-5-15)27-19-12-22-9-10-23-19/h3-12,14H,1-2H3,(H,24,25)/t14-/m0/s1. The fourth-order valence-corrected chi connectivity index (χ4v) is 2.84. The molecule has 0 aliphatic heterocycles. The van der Waals surface area contributed by atoms with Crippen molar-refractivity contribution in [1.82, 2.24) is 9.97 Å². The Labute approximate surface area is 165 Å². The Morgan fingerprint density at radius 2 is 1.93 bits per heavy atom. The minimum absolute atomic E-state index is 0.245. The van der Waals surface area contributed by atoms with Crippen molar-refractivity contribution in [1.29, 1.82) is 0 Å². The monoisotopic (exact) mass is 427 g/mol. The first-order chi connectivity index (χ1) is 13.0. The molecule has 0 bridgehead atoms. The lowest BCUT2D eigenvalue weighted by molar-refractivity contribution is -0.122. The normalized spacial score (nSPS) is 11.5. The van der Waals surface area contributed by atoms with E-state index in [1.807, 2.05) is 25.1 Å². The van der Waals surface area contributed by atoms with Gasteiger partial charge in [-0.3, -0.25) is 9.78 Å². The maximum absolute atomic E-state index is 12.4. The van der Waals surface area contributed by atoms with Crippen molar-refractivity contribution in [3.63, 3.8) is 0 Å². The molecule has 2 aromatic carbocycles. The maximum Gasteiger partial charge on any atom is 0.265 e. The second kappa shape index (κ2) is 8.64. The molecule has 27 heavy (non-hydrogen) atoms. The summed E-state index contributed by atoms with van der Waals surface area (Å²) in [6.45, 7) is 3.69. The Morgan fingerprint density at radius 1 is 1.15 bits per heavy atom. The van der Waals surface area contributed by atoms with Crippen LogP contribution in [0, 0.1) is 6.92 Å². The Morgan fingerprint density at radius 3 is 2.59 bits per heavy atom. The molecule has 0 spiro atoms. The molecule has 0 radical (unpaired) electrons. The van der Waals surface area contributed by atoms with Gasteiger partial charge in [0.2, 0.25) is 5.88 Å². The van der Waals surface area contributed by atoms with Crippen LogP contribution >= 0.6 is 15.9 Å². The zero-order chi connectivity index (χ0) is 19.2. The first kappa shape index (κ1) is 18.8. The van der Waals surface area contributed by atoms with Crippen LogP contribution < -0.4 is 14.8 Å². The van der Waals surface area contributed by atoms with E-state index in [1.54, 1.807) is 43.6 Å². The highest BCUT2D eigenvalue weighted by molar-refractivity contribution is 9.10. The number of aryl methyl sites for hydroxylation is 1. The molecule has 6 nitrogen and oxygen atoms in total. The largest absolute Gasteiger partial charge is 0.480 e. The van der Waals surface area contributed by atoms with Gasteiger partial charge in [-0.15, -0.1) is 0 Å². The number of hydrogen-bond acceptors (Lipinski definition) is 5. The van der Waals surface area contributed by atoms with Crippen LogP contribution in [-0.4, -0.2) is 22.0 Å². The summed E-state index contributed by atoms with van der Waals surface area (Å²) in [4.78, 5) is 20.4. The molecular formula is C20H18BrN3O3. The van der Waals surface area contributed by atoms with E-state index in [9.17, 15) is 4.79 Å². The van der Waals surface area contributed by atoms with Crippen LogP contribution in [0.1, 0.15) is 12.5 Å². The number of benzene rings is 2. The number of anilines is 1. The second-order valence-corrected chi connectivity index (χ2v) is 6.71. The highest BCUT2D eigenvalue weighted by atomic mass is 79.9. The maximum atomic E-state index is 12.4. The lowest BCUT2D eigenvalue weighted by atomic mass is 10.2. The van der Waals surface area contributed by atoms with Crippen LogP contribution in [0.2, 0.25) is 0 Å². The van der Waals surface area contributed by atoms with Gasteiger partial charge in [-0.2, -0.15) is 0 Å². The van der Waals surface area contributed by atoms with E-state index in [-0.39, 0.29) is 5.91 Å². The second-order valence-electron chi connectivity index (χ2n) is 5.85. The number of amides is 1. The molecule has 3 rings (SSSR count). The van der Waals surface area contributed by atoms with E-state index in [2.05, 4.69) is 31.2 Å². The SMILES string of the molecule is Cc1ccc(O[C@@H](C)C(=O)Nc2ccc(Oc3cnccn3)cc2)c(Br)c1. The summed E-state index contributed by atoms with van der Waals surface area (Å²) in [5, 5.41) is 2.82. The number of ether oxygens (including phenoxy) is 2. The van der Waals surface area contributed by atoms with E-state index in [0.29, 0.717) is 23.1 Å². The average molecular weight is 428 g/mol. The Kier molecular flexibility index (Phi) is 6.03. The van der Waals surface area contributed by atoms with E-state index in [0.717, 1.165) is 10.0 Å². The highest BCUT2D eigenvalue weighted by Crippen LogP contribution is 2.27. The number of halogens is 1. The molecule has 0 fully saturated rings. The summed E-state index contributed by atoms with van der Waals surface area (Å²) in [5.41, 5.74) is 1.75. The molecule has 0 aliphatic rings. The van der Waals surface area contributed by atoms with Crippen LogP contribution in [-0.2, 0) is 4.79 Å². The summed E-state index contributed by atoms with van der Waals surface area (Å²) in [6, 6.07) is 12.7. The van der Waals surface area contributed by atoms with Crippen molar-refractivity contribution < 1.29 is 14.3 Å². The summed E-state index contributed by atoms with van der Waals surface area (Å²) in [7, 11) is 0. The van der Waals surface area contributed by atoms with Gasteiger partial charge in [-0.25, -0.2) is 4.98 Å². The van der Waals surface area contributed by atoms with Crippen molar-refractivity contribution in [3.8, 4) is 17.4 Å². The number of hydrogen-bond donors (Lipinski definition) is 1. The number of aromatic nitrogens is 2. The summed E-state index contributed by atoms with van der Waals surface area (Å²) >= 11 is 3.45. The molecule has 0 saturated carbocycles. The smallest absolute Gasteiger partial charge is 0.265 e. The van der Waals surface area contributed by atoms with Gasteiger partial charge in [-0.05, 0) is 71.7 Å². The molecule has 0 saturated heterocycles. The van der Waals surface area contributed by atoms with Gasteiger partial charge in [0.25, 0.3) is 5.91 Å². The molecule has 1 aromatic heterocycles. The summed E-state index contributed by atoms with van der Waals surface area (Å²) < 4.78 is 12.1. The zero-order valence-corrected chi connectivity index (χ0v) is 16.4. The fraction of sp³-hybridized carbons (Fsp3) is 0.150. The quantitative estimate of drug-likeness (QED) is 0.614. The summed E-state index contributed by atoms with van der Waals surface area (Å²) in [5.74, 6) is 1.38. The lowest BCUT2D eigenvalue weighted by Crippen LogP contribution is -2.30.